The summed E-state index contributed by atoms with van der Waals surface area (Å²) >= 11 is 0. The Bertz CT molecular complexity index is 1210. The third-order valence-electron chi connectivity index (χ3n) is 4.91. The Hall–Kier alpha value is -3.39. The highest BCUT2D eigenvalue weighted by Gasteiger charge is 2.31. The Morgan fingerprint density at radius 3 is 2.58 bits per heavy atom. The summed E-state index contributed by atoms with van der Waals surface area (Å²) in [6.45, 7) is 0.211. The van der Waals surface area contributed by atoms with Crippen molar-refractivity contribution in [3.05, 3.63) is 89.7 Å². The number of nitrogens with zero attached hydrogens (tertiary/aromatic N) is 1. The van der Waals surface area contributed by atoms with Gasteiger partial charge >= 0.3 is 5.97 Å². The summed E-state index contributed by atoms with van der Waals surface area (Å²) in [7, 11) is -3.81. The lowest BCUT2D eigenvalue weighted by Gasteiger charge is -2.19. The number of carbonyl (C=O) groups excluding carboxylic acids is 1. The van der Waals surface area contributed by atoms with Crippen molar-refractivity contribution < 1.29 is 27.1 Å². The lowest BCUT2D eigenvalue weighted by Crippen LogP contribution is -2.29. The maximum Gasteiger partial charge on any atom is 0.338 e. The van der Waals surface area contributed by atoms with Gasteiger partial charge in [-0.15, -0.1) is 0 Å². The van der Waals surface area contributed by atoms with Gasteiger partial charge in [-0.2, -0.15) is 0 Å². The summed E-state index contributed by atoms with van der Waals surface area (Å²) in [5.74, 6) is -1.12. The molecule has 0 aromatic heterocycles. The van der Waals surface area contributed by atoms with Gasteiger partial charge in [0.25, 0.3) is 10.0 Å². The van der Waals surface area contributed by atoms with Crippen molar-refractivity contribution in [2.45, 2.75) is 11.3 Å². The number of hydrogen-bond donors (Lipinski definition) is 0. The van der Waals surface area contributed by atoms with Gasteiger partial charge in [0.1, 0.15) is 13.2 Å². The van der Waals surface area contributed by atoms with Crippen molar-refractivity contribution in [1.29, 1.82) is 0 Å². The van der Waals surface area contributed by atoms with E-state index in [9.17, 15) is 17.6 Å². The van der Waals surface area contributed by atoms with Gasteiger partial charge < -0.3 is 9.47 Å². The van der Waals surface area contributed by atoms with E-state index in [1.807, 2.05) is 12.1 Å². The number of ether oxygens (including phenoxy) is 2. The van der Waals surface area contributed by atoms with Gasteiger partial charge in [-0.1, -0.05) is 36.4 Å². The zero-order chi connectivity index (χ0) is 21.8. The van der Waals surface area contributed by atoms with E-state index in [2.05, 4.69) is 0 Å². The summed E-state index contributed by atoms with van der Waals surface area (Å²) < 4.78 is 51.6. The Labute approximate surface area is 179 Å². The monoisotopic (exact) mass is 441 g/mol. The van der Waals surface area contributed by atoms with E-state index in [4.69, 9.17) is 9.47 Å². The first-order valence-corrected chi connectivity index (χ1v) is 11.2. The van der Waals surface area contributed by atoms with E-state index in [1.165, 1.54) is 40.7 Å². The molecule has 0 saturated heterocycles. The Morgan fingerprint density at radius 1 is 0.968 bits per heavy atom. The van der Waals surface area contributed by atoms with Crippen molar-refractivity contribution in [2.75, 3.05) is 24.1 Å². The standard InChI is InChI=1S/C23H20FNO5S/c24-20-9-2-4-11-22(20)29-14-15-30-23(26)18-7-5-8-19(16-18)31(27,28)25-13-12-17-6-1-3-10-21(17)25/h1-11,16H,12-15H2. The second-order valence-corrected chi connectivity index (χ2v) is 8.76. The van der Waals surface area contributed by atoms with E-state index in [-0.39, 0.29) is 29.4 Å². The average molecular weight is 441 g/mol. The molecule has 0 radical (unpaired) electrons. The maximum absolute atomic E-state index is 13.5. The quantitative estimate of drug-likeness (QED) is 0.412. The third-order valence-corrected chi connectivity index (χ3v) is 6.72. The first-order chi connectivity index (χ1) is 15.0. The topological polar surface area (TPSA) is 72.9 Å². The number of sulfonamides is 1. The fourth-order valence-electron chi connectivity index (χ4n) is 3.40. The molecule has 0 fully saturated rings. The molecule has 3 aromatic carbocycles. The second kappa shape index (κ2) is 8.77. The lowest BCUT2D eigenvalue weighted by atomic mass is 10.2. The summed E-state index contributed by atoms with van der Waals surface area (Å²) in [4.78, 5) is 12.4. The van der Waals surface area contributed by atoms with Crippen LogP contribution in [0.4, 0.5) is 10.1 Å². The Morgan fingerprint density at radius 2 is 1.74 bits per heavy atom. The van der Waals surface area contributed by atoms with E-state index in [1.54, 1.807) is 24.3 Å². The molecule has 1 aliphatic heterocycles. The van der Waals surface area contributed by atoms with E-state index in [0.29, 0.717) is 18.7 Å². The van der Waals surface area contributed by atoms with Crippen molar-refractivity contribution >= 4 is 21.7 Å². The van der Waals surface area contributed by atoms with Crippen LogP contribution >= 0.6 is 0 Å². The van der Waals surface area contributed by atoms with Crippen LogP contribution in [0.15, 0.2) is 77.7 Å². The van der Waals surface area contributed by atoms with E-state index < -0.39 is 21.8 Å². The molecule has 160 valence electrons. The molecule has 0 amide bonds. The Balaban J connectivity index is 1.42. The molecule has 3 aromatic rings. The van der Waals surface area contributed by atoms with Crippen LogP contribution in [0.5, 0.6) is 5.75 Å². The minimum atomic E-state index is -3.81. The minimum Gasteiger partial charge on any atom is -0.487 e. The van der Waals surface area contributed by atoms with Crippen LogP contribution in [0.1, 0.15) is 15.9 Å². The molecule has 8 heteroatoms. The van der Waals surface area contributed by atoms with Crippen LogP contribution in [0.3, 0.4) is 0 Å². The highest BCUT2D eigenvalue weighted by molar-refractivity contribution is 7.92. The van der Waals surface area contributed by atoms with Gasteiger partial charge in [0.05, 0.1) is 16.1 Å². The summed E-state index contributed by atoms with van der Waals surface area (Å²) in [5, 5.41) is 0. The van der Waals surface area contributed by atoms with Crippen LogP contribution < -0.4 is 9.04 Å². The van der Waals surface area contributed by atoms with Crippen LogP contribution in [0, 0.1) is 5.82 Å². The highest BCUT2D eigenvalue weighted by Crippen LogP contribution is 2.32. The number of para-hydroxylation sites is 2. The normalized spacial score (nSPS) is 13.0. The molecule has 0 atom stereocenters. The number of halogens is 1. The predicted molar refractivity (Wildman–Crippen MR) is 113 cm³/mol. The van der Waals surface area contributed by atoms with Gasteiger partial charge in [0, 0.05) is 6.54 Å². The van der Waals surface area contributed by atoms with Crippen molar-refractivity contribution in [3.8, 4) is 5.75 Å². The van der Waals surface area contributed by atoms with Gasteiger partial charge in [-0.25, -0.2) is 17.6 Å². The number of anilines is 1. The first kappa shape index (κ1) is 20.9. The number of benzene rings is 3. The van der Waals surface area contributed by atoms with Crippen LogP contribution in [0.25, 0.3) is 0 Å². The van der Waals surface area contributed by atoms with Crippen LogP contribution in [-0.4, -0.2) is 34.1 Å². The molecule has 0 aliphatic carbocycles. The summed E-state index contributed by atoms with van der Waals surface area (Å²) in [5.41, 5.74) is 1.73. The number of rotatable bonds is 7. The SMILES string of the molecule is O=C(OCCOc1ccccc1F)c1cccc(S(=O)(=O)N2CCc3ccccc32)c1. The van der Waals surface area contributed by atoms with Crippen molar-refractivity contribution in [2.24, 2.45) is 0 Å². The average Bonchev–Trinajstić information content (AvgIpc) is 3.23. The van der Waals surface area contributed by atoms with Crippen LogP contribution in [-0.2, 0) is 21.2 Å². The molecule has 0 unspecified atom stereocenters. The van der Waals surface area contributed by atoms with Crippen molar-refractivity contribution in [3.63, 3.8) is 0 Å². The number of hydrogen-bond acceptors (Lipinski definition) is 5. The molecule has 31 heavy (non-hydrogen) atoms. The number of fused-ring (bicyclic) bond motifs is 1. The minimum absolute atomic E-state index is 0.0151. The largest absolute Gasteiger partial charge is 0.487 e. The molecular formula is C23H20FNO5S. The van der Waals surface area contributed by atoms with E-state index in [0.717, 1.165) is 5.56 Å². The zero-order valence-corrected chi connectivity index (χ0v) is 17.3. The van der Waals surface area contributed by atoms with Gasteiger partial charge in [-0.05, 0) is 48.4 Å². The van der Waals surface area contributed by atoms with Gasteiger partial charge in [0.15, 0.2) is 11.6 Å². The number of esters is 1. The molecule has 0 bridgehead atoms. The predicted octanol–water partition coefficient (Wildman–Crippen LogP) is 3.81. The second-order valence-electron chi connectivity index (χ2n) is 6.90. The molecule has 0 saturated carbocycles. The first-order valence-electron chi connectivity index (χ1n) is 9.72. The molecule has 1 aliphatic rings. The van der Waals surface area contributed by atoms with Crippen molar-refractivity contribution in [1.82, 2.24) is 0 Å². The summed E-state index contributed by atoms with van der Waals surface area (Å²) in [6, 6.07) is 19.0. The Kier molecular flexibility index (Phi) is 5.90. The van der Waals surface area contributed by atoms with Gasteiger partial charge in [-0.3, -0.25) is 4.31 Å². The fraction of sp³-hybridized carbons (Fsp3) is 0.174. The smallest absolute Gasteiger partial charge is 0.338 e. The van der Waals surface area contributed by atoms with Gasteiger partial charge in [0.2, 0.25) is 0 Å². The summed E-state index contributed by atoms with van der Waals surface area (Å²) in [6.07, 6.45) is 0.638. The molecular weight excluding hydrogens is 421 g/mol. The maximum atomic E-state index is 13.5. The highest BCUT2D eigenvalue weighted by atomic mass is 32.2. The molecule has 4 rings (SSSR count). The fourth-order valence-corrected chi connectivity index (χ4v) is 4.95. The molecule has 6 nitrogen and oxygen atoms in total. The molecule has 1 heterocycles. The number of carbonyl (C=O) groups is 1. The van der Waals surface area contributed by atoms with E-state index >= 15 is 0 Å². The lowest BCUT2D eigenvalue weighted by molar-refractivity contribution is 0.0448. The third kappa shape index (κ3) is 4.39. The van der Waals surface area contributed by atoms with Crippen LogP contribution in [0.2, 0.25) is 0 Å². The molecule has 0 spiro atoms. The zero-order valence-electron chi connectivity index (χ0n) is 16.5. The molecule has 0 N–H and O–H groups in total.